The maximum Gasteiger partial charge on any atom is 4.00 e. The third-order valence-corrected chi connectivity index (χ3v) is 9.62. The number of hydrogen-bond donors (Lipinski definition) is 0. The van der Waals surface area contributed by atoms with Crippen molar-refractivity contribution in [1.29, 1.82) is 0 Å². The molecule has 2 atom stereocenters. The summed E-state index contributed by atoms with van der Waals surface area (Å²) in [7, 11) is 0. The second kappa shape index (κ2) is 12.0. The SMILES string of the molecule is CC1=[C-]C2C(=C(C)C(C(C)(C)C3=C(c4ccccc4)C4[C-]=C(C)C(=S)C4=C3C)=C2c2ccccc2)C1=S.[Cl-].[Cl-].[Zr+4]. The van der Waals surface area contributed by atoms with E-state index in [4.69, 9.17) is 24.4 Å². The maximum absolute atomic E-state index is 5.95. The first-order valence-electron chi connectivity index (χ1n) is 13.0. The van der Waals surface area contributed by atoms with Crippen molar-refractivity contribution in [2.45, 2.75) is 41.5 Å². The number of fused-ring (bicyclic) bond motifs is 2. The first kappa shape index (κ1) is 33.0. The minimum atomic E-state index is -0.282. The molecule has 0 spiro atoms. The Hall–Kier alpha value is -1.48. The van der Waals surface area contributed by atoms with Crippen LogP contribution in [0.5, 0.6) is 0 Å². The van der Waals surface area contributed by atoms with Crippen molar-refractivity contribution in [3.63, 3.8) is 0 Å². The van der Waals surface area contributed by atoms with E-state index in [1.807, 2.05) is 0 Å². The van der Waals surface area contributed by atoms with Crippen LogP contribution < -0.4 is 24.8 Å². The van der Waals surface area contributed by atoms with Gasteiger partial charge in [-0.05, 0) is 47.3 Å². The second-order valence-electron chi connectivity index (χ2n) is 11.1. The summed E-state index contributed by atoms with van der Waals surface area (Å²) in [5.41, 5.74) is 15.0. The molecule has 0 radical (unpaired) electrons. The Morgan fingerprint density at radius 3 is 1.23 bits per heavy atom. The Labute approximate surface area is 281 Å². The quantitative estimate of drug-likeness (QED) is 0.361. The van der Waals surface area contributed by atoms with Crippen LogP contribution in [0, 0.1) is 29.4 Å². The molecule has 4 aliphatic carbocycles. The molecule has 0 heterocycles. The smallest absolute Gasteiger partial charge is 1.00 e. The number of benzene rings is 2. The van der Waals surface area contributed by atoms with Crippen LogP contribution in [-0.2, 0) is 26.2 Å². The molecule has 0 N–H and O–H groups in total. The standard InChI is InChI=1S/C35H30S2.2ClH.Zr/c1-19-17-25-27(33(19)36)21(3)31(29(25)23-13-9-7-10-14-23)35(5,6)32-22(4)28-26(18-20(2)34(28)37)30(32)24-15-11-8-12-16-24;;;/h7-16,25-26H,1-6H3;2*1H;/q-2;;;+4/p-2. The Morgan fingerprint density at radius 1 is 0.575 bits per heavy atom. The molecule has 4 aliphatic rings. The van der Waals surface area contributed by atoms with Gasteiger partial charge in [0.1, 0.15) is 0 Å². The number of thiocarbonyl (C=S) groups is 2. The van der Waals surface area contributed by atoms with Crippen molar-refractivity contribution in [1.82, 2.24) is 0 Å². The number of hydrogen-bond acceptors (Lipinski definition) is 2. The van der Waals surface area contributed by atoms with E-state index in [1.54, 1.807) is 0 Å². The number of allylic oxidation sites excluding steroid dienone is 12. The minimum Gasteiger partial charge on any atom is -1.00 e. The minimum absolute atomic E-state index is 0. The zero-order valence-electron chi connectivity index (χ0n) is 23.5. The summed E-state index contributed by atoms with van der Waals surface area (Å²) in [6.45, 7) is 13.5. The average molecular weight is 677 g/mol. The third kappa shape index (κ3) is 4.75. The molecule has 0 saturated carbocycles. The summed E-state index contributed by atoms with van der Waals surface area (Å²) < 4.78 is 0. The zero-order chi connectivity index (χ0) is 26.2. The second-order valence-corrected chi connectivity index (χ2v) is 11.9. The number of halogens is 2. The van der Waals surface area contributed by atoms with Crippen molar-refractivity contribution in [3.8, 4) is 0 Å². The molecule has 2 aromatic carbocycles. The van der Waals surface area contributed by atoms with E-state index in [0.29, 0.717) is 0 Å². The summed E-state index contributed by atoms with van der Waals surface area (Å²) in [4.78, 5) is 1.93. The van der Waals surface area contributed by atoms with Crippen LogP contribution in [0.2, 0.25) is 0 Å². The Bertz CT molecular complexity index is 1480. The van der Waals surface area contributed by atoms with Gasteiger partial charge >= 0.3 is 26.2 Å². The maximum atomic E-state index is 5.95. The van der Waals surface area contributed by atoms with Gasteiger partial charge in [0.05, 0.1) is 0 Å². The van der Waals surface area contributed by atoms with Crippen molar-refractivity contribution in [2.24, 2.45) is 17.3 Å². The summed E-state index contributed by atoms with van der Waals surface area (Å²) in [6, 6.07) is 21.6. The molecular formula is C35H30Cl2S2Zr. The fourth-order valence-corrected chi connectivity index (χ4v) is 7.80. The van der Waals surface area contributed by atoms with Gasteiger partial charge < -0.3 is 24.8 Å². The molecule has 2 unspecified atom stereocenters. The molecule has 0 fully saturated rings. The van der Waals surface area contributed by atoms with Crippen LogP contribution in [-0.4, -0.2) is 9.73 Å². The molecule has 2 aromatic rings. The van der Waals surface area contributed by atoms with Crippen LogP contribution in [0.3, 0.4) is 0 Å². The third-order valence-electron chi connectivity index (χ3n) is 8.56. The van der Waals surface area contributed by atoms with Crippen molar-refractivity contribution in [2.75, 3.05) is 0 Å². The van der Waals surface area contributed by atoms with Crippen LogP contribution in [0.1, 0.15) is 52.7 Å². The molecule has 0 saturated heterocycles. The molecule has 5 heteroatoms. The molecule has 200 valence electrons. The zero-order valence-corrected chi connectivity index (χ0v) is 29.1. The molecule has 0 amide bonds. The molecule has 0 aromatic heterocycles. The van der Waals surface area contributed by atoms with Crippen molar-refractivity contribution >= 4 is 45.3 Å². The van der Waals surface area contributed by atoms with E-state index in [1.165, 1.54) is 55.7 Å². The first-order chi connectivity index (χ1) is 17.6. The van der Waals surface area contributed by atoms with E-state index in [0.717, 1.165) is 20.9 Å². The van der Waals surface area contributed by atoms with E-state index in [-0.39, 0.29) is 68.3 Å². The van der Waals surface area contributed by atoms with E-state index >= 15 is 0 Å². The van der Waals surface area contributed by atoms with E-state index in [9.17, 15) is 0 Å². The Morgan fingerprint density at radius 2 is 0.900 bits per heavy atom. The van der Waals surface area contributed by atoms with Crippen LogP contribution in [0.25, 0.3) is 11.1 Å². The first-order valence-corrected chi connectivity index (χ1v) is 13.8. The monoisotopic (exact) mass is 674 g/mol. The van der Waals surface area contributed by atoms with Gasteiger partial charge in [0.2, 0.25) is 0 Å². The van der Waals surface area contributed by atoms with E-state index < -0.39 is 0 Å². The van der Waals surface area contributed by atoms with Gasteiger partial charge in [-0.15, -0.1) is 20.9 Å². The van der Waals surface area contributed by atoms with Gasteiger partial charge in [-0.1, -0.05) is 111 Å². The topological polar surface area (TPSA) is 0 Å². The van der Waals surface area contributed by atoms with Crippen molar-refractivity contribution < 1.29 is 51.0 Å². The van der Waals surface area contributed by atoms with Gasteiger partial charge in [0, 0.05) is 5.41 Å². The van der Waals surface area contributed by atoms with E-state index in [2.05, 4.69) is 114 Å². The van der Waals surface area contributed by atoms with Crippen LogP contribution in [0.15, 0.2) is 105 Å². The molecule has 6 rings (SSSR count). The summed E-state index contributed by atoms with van der Waals surface area (Å²) in [5.74, 6) is 0.183. The van der Waals surface area contributed by atoms with Gasteiger partial charge in [-0.3, -0.25) is 12.2 Å². The molecular weight excluding hydrogens is 647 g/mol. The molecule has 40 heavy (non-hydrogen) atoms. The summed E-state index contributed by atoms with van der Waals surface area (Å²) >= 11 is 11.9. The van der Waals surface area contributed by atoms with Gasteiger partial charge in [-0.25, -0.2) is 35.6 Å². The normalized spacial score (nSPS) is 21.6. The fraction of sp³-hybridized carbons (Fsp3) is 0.257. The molecule has 0 bridgehead atoms. The number of rotatable bonds is 4. The van der Waals surface area contributed by atoms with Crippen molar-refractivity contribution in [3.05, 3.63) is 129 Å². The van der Waals surface area contributed by atoms with Crippen LogP contribution in [0.4, 0.5) is 0 Å². The largest absolute Gasteiger partial charge is 4.00 e. The van der Waals surface area contributed by atoms with Crippen LogP contribution >= 0.6 is 24.4 Å². The van der Waals surface area contributed by atoms with Gasteiger partial charge in [0.25, 0.3) is 0 Å². The predicted octanol–water partition coefficient (Wildman–Crippen LogP) is 3.08. The predicted molar refractivity (Wildman–Crippen MR) is 163 cm³/mol. The van der Waals surface area contributed by atoms with Gasteiger partial charge in [0.15, 0.2) is 0 Å². The summed E-state index contributed by atoms with van der Waals surface area (Å²) in [5, 5.41) is 0. The van der Waals surface area contributed by atoms with Gasteiger partial charge in [-0.2, -0.15) is 0 Å². The Balaban J connectivity index is 0.00000147. The molecule has 0 aliphatic heterocycles. The summed E-state index contributed by atoms with van der Waals surface area (Å²) in [6.07, 6.45) is 7.48. The Kier molecular flexibility index (Phi) is 9.93. The average Bonchev–Trinajstić information content (AvgIpc) is 3.55. The molecule has 0 nitrogen and oxygen atoms in total. The fourth-order valence-electron chi connectivity index (χ4n) is 7.14.